The second-order valence-electron chi connectivity index (χ2n) is 3.94. The highest BCUT2D eigenvalue weighted by Crippen LogP contribution is 2.09. The van der Waals surface area contributed by atoms with E-state index in [9.17, 15) is 8.42 Å². The molecule has 0 saturated heterocycles. The third kappa shape index (κ3) is 4.60. The molecular weight excluding hydrogens is 272 g/mol. The fourth-order valence-corrected chi connectivity index (χ4v) is 2.66. The van der Waals surface area contributed by atoms with Crippen molar-refractivity contribution in [2.45, 2.75) is 23.6 Å². The Balaban J connectivity index is 2.64. The zero-order chi connectivity index (χ0) is 13.6. The molecule has 104 valence electrons. The normalized spacial score (nSPS) is 13.7. The molecule has 0 aliphatic carbocycles. The summed E-state index contributed by atoms with van der Waals surface area (Å²) in [5.74, 6) is 0. The molecule has 1 unspecified atom stereocenters. The van der Waals surface area contributed by atoms with Crippen molar-refractivity contribution < 1.29 is 8.42 Å². The van der Waals surface area contributed by atoms with Crippen LogP contribution in [-0.4, -0.2) is 49.8 Å². The lowest BCUT2D eigenvalue weighted by Crippen LogP contribution is -2.29. The number of aromatic nitrogens is 2. The summed E-state index contributed by atoms with van der Waals surface area (Å²) in [4.78, 5) is 0.215. The number of nitrogens with one attached hydrogen (secondary N) is 2. The fourth-order valence-electron chi connectivity index (χ4n) is 1.23. The Bertz CT molecular complexity index is 458. The fraction of sp³-hybridized carbons (Fsp3) is 0.700. The van der Waals surface area contributed by atoms with Gasteiger partial charge in [0.2, 0.25) is 10.0 Å². The van der Waals surface area contributed by atoms with E-state index in [1.165, 1.54) is 6.20 Å². The van der Waals surface area contributed by atoms with Gasteiger partial charge in [0.1, 0.15) is 4.90 Å². The molecule has 1 aromatic rings. The molecule has 8 heteroatoms. The van der Waals surface area contributed by atoms with Crippen LogP contribution >= 0.6 is 11.8 Å². The maximum Gasteiger partial charge on any atom is 0.243 e. The van der Waals surface area contributed by atoms with E-state index in [0.717, 1.165) is 6.54 Å². The van der Waals surface area contributed by atoms with Crippen molar-refractivity contribution in [2.24, 2.45) is 0 Å². The SMILES string of the molecule is CNCCn1cc(S(=O)(=O)NCC(C)SC)cn1. The predicted molar refractivity (Wildman–Crippen MR) is 74.3 cm³/mol. The Hall–Kier alpha value is -0.570. The molecule has 18 heavy (non-hydrogen) atoms. The number of thioether (sulfide) groups is 1. The zero-order valence-electron chi connectivity index (χ0n) is 10.9. The highest BCUT2D eigenvalue weighted by molar-refractivity contribution is 7.99. The Morgan fingerprint density at radius 3 is 2.89 bits per heavy atom. The maximum atomic E-state index is 12.0. The van der Waals surface area contributed by atoms with Crippen molar-refractivity contribution in [3.63, 3.8) is 0 Å². The minimum absolute atomic E-state index is 0.215. The molecule has 6 nitrogen and oxygen atoms in total. The van der Waals surface area contributed by atoms with Gasteiger partial charge in [0.15, 0.2) is 0 Å². The smallest absolute Gasteiger partial charge is 0.243 e. The van der Waals surface area contributed by atoms with Crippen molar-refractivity contribution in [3.8, 4) is 0 Å². The molecule has 1 rings (SSSR count). The number of hydrogen-bond acceptors (Lipinski definition) is 5. The van der Waals surface area contributed by atoms with Crippen LogP contribution in [0.1, 0.15) is 6.92 Å². The summed E-state index contributed by atoms with van der Waals surface area (Å²) in [7, 11) is -1.60. The second-order valence-corrected chi connectivity index (χ2v) is 6.98. The van der Waals surface area contributed by atoms with Crippen LogP contribution in [0.2, 0.25) is 0 Å². The monoisotopic (exact) mass is 292 g/mol. The van der Waals surface area contributed by atoms with Crippen LogP contribution in [0.15, 0.2) is 17.3 Å². The van der Waals surface area contributed by atoms with E-state index in [0.29, 0.717) is 13.1 Å². The summed E-state index contributed by atoms with van der Waals surface area (Å²) in [5, 5.41) is 7.25. The molecule has 0 bridgehead atoms. The molecule has 0 saturated carbocycles. The van der Waals surface area contributed by atoms with E-state index in [-0.39, 0.29) is 10.1 Å². The van der Waals surface area contributed by atoms with E-state index in [4.69, 9.17) is 0 Å². The first-order chi connectivity index (χ1) is 8.49. The molecule has 0 radical (unpaired) electrons. The van der Waals surface area contributed by atoms with Crippen molar-refractivity contribution in [2.75, 3.05) is 26.4 Å². The third-order valence-electron chi connectivity index (χ3n) is 2.47. The van der Waals surface area contributed by atoms with Crippen LogP contribution in [0.5, 0.6) is 0 Å². The summed E-state index contributed by atoms with van der Waals surface area (Å²) in [5.41, 5.74) is 0. The van der Waals surface area contributed by atoms with Gasteiger partial charge in [0.25, 0.3) is 0 Å². The van der Waals surface area contributed by atoms with Crippen molar-refractivity contribution in [3.05, 3.63) is 12.4 Å². The van der Waals surface area contributed by atoms with Crippen molar-refractivity contribution in [1.82, 2.24) is 19.8 Å². The van der Waals surface area contributed by atoms with E-state index < -0.39 is 10.0 Å². The summed E-state index contributed by atoms with van der Waals surface area (Å²) < 4.78 is 28.1. The predicted octanol–water partition coefficient (Wildman–Crippen LogP) is 0.132. The number of hydrogen-bond donors (Lipinski definition) is 2. The summed E-state index contributed by atoms with van der Waals surface area (Å²) in [6.45, 7) is 3.79. The zero-order valence-corrected chi connectivity index (χ0v) is 12.5. The molecular formula is C10H20N4O2S2. The highest BCUT2D eigenvalue weighted by Gasteiger charge is 2.16. The van der Waals surface area contributed by atoms with Crippen molar-refractivity contribution in [1.29, 1.82) is 0 Å². The van der Waals surface area contributed by atoms with Gasteiger partial charge in [-0.25, -0.2) is 13.1 Å². The summed E-state index contributed by atoms with van der Waals surface area (Å²) in [6, 6.07) is 0. The largest absolute Gasteiger partial charge is 0.318 e. The molecule has 0 amide bonds. The lowest BCUT2D eigenvalue weighted by atomic mass is 10.5. The van der Waals surface area contributed by atoms with Gasteiger partial charge < -0.3 is 5.32 Å². The van der Waals surface area contributed by atoms with Crippen LogP contribution in [0, 0.1) is 0 Å². The molecule has 0 aliphatic heterocycles. The lowest BCUT2D eigenvalue weighted by Gasteiger charge is -2.09. The average Bonchev–Trinajstić information content (AvgIpc) is 2.83. The first-order valence-electron chi connectivity index (χ1n) is 5.69. The Kier molecular flexibility index (Phi) is 6.13. The van der Waals surface area contributed by atoms with Gasteiger partial charge in [0, 0.05) is 24.5 Å². The van der Waals surface area contributed by atoms with Crippen LogP contribution in [0.25, 0.3) is 0 Å². The van der Waals surface area contributed by atoms with Gasteiger partial charge in [-0.2, -0.15) is 16.9 Å². The number of nitrogens with zero attached hydrogens (tertiary/aromatic N) is 2. The number of likely N-dealkylation sites (N-methyl/N-ethyl adjacent to an activating group) is 1. The van der Waals surface area contributed by atoms with Crippen LogP contribution in [0.4, 0.5) is 0 Å². The molecule has 0 aliphatic rings. The minimum atomic E-state index is -3.44. The Labute approximate surface area is 113 Å². The third-order valence-corrected chi connectivity index (χ3v) is 4.82. The molecule has 1 atom stereocenters. The molecule has 2 N–H and O–H groups in total. The van der Waals surface area contributed by atoms with Crippen LogP contribution in [-0.2, 0) is 16.6 Å². The maximum absolute atomic E-state index is 12.0. The quantitative estimate of drug-likeness (QED) is 0.712. The highest BCUT2D eigenvalue weighted by atomic mass is 32.2. The Morgan fingerprint density at radius 2 is 2.28 bits per heavy atom. The summed E-state index contributed by atoms with van der Waals surface area (Å²) >= 11 is 1.62. The lowest BCUT2D eigenvalue weighted by molar-refractivity contribution is 0.576. The standard InChI is InChI=1S/C10H20N4O2S2/c1-9(17-3)6-13-18(15,16)10-7-12-14(8-10)5-4-11-2/h7-9,11,13H,4-6H2,1-3H3. The van der Waals surface area contributed by atoms with Gasteiger partial charge in [-0.3, -0.25) is 4.68 Å². The molecule has 0 spiro atoms. The molecule has 1 heterocycles. The van der Waals surface area contributed by atoms with E-state index >= 15 is 0 Å². The molecule has 0 fully saturated rings. The van der Waals surface area contributed by atoms with Gasteiger partial charge in [-0.05, 0) is 13.3 Å². The van der Waals surface area contributed by atoms with E-state index in [1.54, 1.807) is 22.6 Å². The topological polar surface area (TPSA) is 76.0 Å². The van der Waals surface area contributed by atoms with Gasteiger partial charge >= 0.3 is 0 Å². The first-order valence-corrected chi connectivity index (χ1v) is 8.46. The number of rotatable bonds is 8. The van der Waals surface area contributed by atoms with E-state index in [1.807, 2.05) is 20.2 Å². The van der Waals surface area contributed by atoms with Crippen molar-refractivity contribution >= 4 is 21.8 Å². The van der Waals surface area contributed by atoms with Gasteiger partial charge in [0.05, 0.1) is 12.7 Å². The molecule has 1 aromatic heterocycles. The summed E-state index contributed by atoms with van der Waals surface area (Å²) in [6.07, 6.45) is 4.87. The van der Waals surface area contributed by atoms with Gasteiger partial charge in [-0.1, -0.05) is 6.92 Å². The Morgan fingerprint density at radius 1 is 1.56 bits per heavy atom. The van der Waals surface area contributed by atoms with Gasteiger partial charge in [-0.15, -0.1) is 0 Å². The van der Waals surface area contributed by atoms with E-state index in [2.05, 4.69) is 15.1 Å². The van der Waals surface area contributed by atoms with Crippen LogP contribution < -0.4 is 10.0 Å². The minimum Gasteiger partial charge on any atom is -0.318 e. The first kappa shape index (κ1) is 15.5. The number of sulfonamides is 1. The average molecular weight is 292 g/mol. The van der Waals surface area contributed by atoms with Crippen LogP contribution in [0.3, 0.4) is 0 Å². The molecule has 0 aromatic carbocycles. The second kappa shape index (κ2) is 7.13.